The third-order valence-electron chi connectivity index (χ3n) is 5.33. The van der Waals surface area contributed by atoms with Crippen molar-refractivity contribution in [2.75, 3.05) is 13.1 Å². The fraction of sp³-hybridized carbons (Fsp3) is 0.381. The molecule has 1 aromatic carbocycles. The van der Waals surface area contributed by atoms with Gasteiger partial charge >= 0.3 is 0 Å². The van der Waals surface area contributed by atoms with Crippen LogP contribution in [0.5, 0.6) is 0 Å². The Bertz CT molecular complexity index is 1030. The zero-order chi connectivity index (χ0) is 19.0. The number of likely N-dealkylation sites (tertiary alicyclic amines) is 1. The average Bonchev–Trinajstić information content (AvgIpc) is 3.10. The number of nitrogens with zero attached hydrogens (tertiary/aromatic N) is 3. The predicted octanol–water partition coefficient (Wildman–Crippen LogP) is 3.69. The lowest BCUT2D eigenvalue weighted by atomic mass is 9.99. The van der Waals surface area contributed by atoms with Gasteiger partial charge in [-0.15, -0.1) is 11.3 Å². The summed E-state index contributed by atoms with van der Waals surface area (Å²) in [6, 6.07) is 11.9. The lowest BCUT2D eigenvalue weighted by molar-refractivity contribution is -0.133. The molecular weight excluding hydrogens is 358 g/mol. The zero-order valence-electron chi connectivity index (χ0n) is 15.6. The van der Waals surface area contributed by atoms with Crippen molar-refractivity contribution >= 4 is 27.5 Å². The first-order valence-corrected chi connectivity index (χ1v) is 10.2. The second-order valence-corrected chi connectivity index (χ2v) is 8.34. The second-order valence-electron chi connectivity index (χ2n) is 7.31. The minimum atomic E-state index is -0.130. The van der Waals surface area contributed by atoms with Crippen molar-refractivity contribution in [2.45, 2.75) is 33.2 Å². The van der Waals surface area contributed by atoms with E-state index < -0.39 is 0 Å². The molecule has 5 nitrogen and oxygen atoms in total. The highest BCUT2D eigenvalue weighted by atomic mass is 32.1. The summed E-state index contributed by atoms with van der Waals surface area (Å²) in [6.45, 7) is 5.64. The number of carbonyl (C=O) groups excluding carboxylic acids is 1. The molecule has 6 heteroatoms. The van der Waals surface area contributed by atoms with E-state index in [-0.39, 0.29) is 18.0 Å². The molecule has 0 spiro atoms. The standard InChI is InChI=1S/C21H23N3O2S/c1-14-8-10-23(11-9-14)19(25)13-24-15(2)22-20-17(21(24)26)12-18(27-20)16-6-4-3-5-7-16/h3-7,12,14H,8-11,13H2,1-2H3. The third kappa shape index (κ3) is 3.54. The van der Waals surface area contributed by atoms with Crippen LogP contribution in [-0.4, -0.2) is 33.4 Å². The molecule has 3 heterocycles. The molecular formula is C21H23N3O2S. The van der Waals surface area contributed by atoms with E-state index in [1.807, 2.05) is 41.3 Å². The van der Waals surface area contributed by atoms with Crippen molar-refractivity contribution in [1.29, 1.82) is 0 Å². The molecule has 1 fully saturated rings. The van der Waals surface area contributed by atoms with Crippen LogP contribution in [-0.2, 0) is 11.3 Å². The van der Waals surface area contributed by atoms with Crippen LogP contribution in [0.2, 0.25) is 0 Å². The molecule has 0 aliphatic carbocycles. The van der Waals surface area contributed by atoms with E-state index >= 15 is 0 Å². The zero-order valence-corrected chi connectivity index (χ0v) is 16.5. The maximum atomic E-state index is 13.0. The molecule has 0 unspecified atom stereocenters. The van der Waals surface area contributed by atoms with Gasteiger partial charge < -0.3 is 4.90 Å². The maximum absolute atomic E-state index is 13.0. The highest BCUT2D eigenvalue weighted by Gasteiger charge is 2.22. The van der Waals surface area contributed by atoms with Crippen LogP contribution in [0.3, 0.4) is 0 Å². The first-order valence-electron chi connectivity index (χ1n) is 9.37. The summed E-state index contributed by atoms with van der Waals surface area (Å²) in [4.78, 5) is 33.9. The number of aryl methyl sites for hydroxylation is 1. The number of aromatic nitrogens is 2. The number of benzene rings is 1. The molecule has 0 saturated carbocycles. The summed E-state index contributed by atoms with van der Waals surface area (Å²) in [5, 5.41) is 0.588. The van der Waals surface area contributed by atoms with Gasteiger partial charge in [-0.05, 0) is 37.3 Å². The summed E-state index contributed by atoms with van der Waals surface area (Å²) in [5.74, 6) is 1.26. The molecule has 0 atom stereocenters. The molecule has 0 bridgehead atoms. The van der Waals surface area contributed by atoms with E-state index in [1.54, 1.807) is 6.92 Å². The highest BCUT2D eigenvalue weighted by Crippen LogP contribution is 2.31. The van der Waals surface area contributed by atoms with Crippen LogP contribution in [0.25, 0.3) is 20.7 Å². The molecule has 3 aromatic rings. The summed E-state index contributed by atoms with van der Waals surface area (Å²) in [5.41, 5.74) is 0.942. The summed E-state index contributed by atoms with van der Waals surface area (Å²) in [6.07, 6.45) is 2.06. The molecule has 140 valence electrons. The van der Waals surface area contributed by atoms with Gasteiger partial charge in [-0.25, -0.2) is 4.98 Å². The Kier molecular flexibility index (Phi) is 4.83. The van der Waals surface area contributed by atoms with Crippen molar-refractivity contribution in [3.8, 4) is 10.4 Å². The lowest BCUT2D eigenvalue weighted by Gasteiger charge is -2.30. The Balaban J connectivity index is 1.65. The fourth-order valence-corrected chi connectivity index (χ4v) is 4.61. The molecule has 27 heavy (non-hydrogen) atoms. The van der Waals surface area contributed by atoms with Gasteiger partial charge in [0, 0.05) is 18.0 Å². The number of carbonyl (C=O) groups is 1. The van der Waals surface area contributed by atoms with Crippen molar-refractivity contribution < 1.29 is 4.79 Å². The normalized spacial score (nSPS) is 15.4. The molecule has 1 amide bonds. The quantitative estimate of drug-likeness (QED) is 0.695. The SMILES string of the molecule is Cc1nc2sc(-c3ccccc3)cc2c(=O)n1CC(=O)N1CCC(C)CC1. The van der Waals surface area contributed by atoms with Gasteiger partial charge in [0.25, 0.3) is 5.56 Å². The Labute approximate surface area is 162 Å². The Morgan fingerprint density at radius 1 is 1.22 bits per heavy atom. The number of hydrogen-bond donors (Lipinski definition) is 0. The summed E-state index contributed by atoms with van der Waals surface area (Å²) < 4.78 is 1.52. The lowest BCUT2D eigenvalue weighted by Crippen LogP contribution is -2.41. The van der Waals surface area contributed by atoms with E-state index in [4.69, 9.17) is 0 Å². The molecule has 1 saturated heterocycles. The number of thiophene rings is 1. The van der Waals surface area contributed by atoms with Gasteiger partial charge in [0.05, 0.1) is 5.39 Å². The molecule has 4 rings (SSSR count). The van der Waals surface area contributed by atoms with Crippen molar-refractivity contribution in [3.05, 3.63) is 52.6 Å². The topological polar surface area (TPSA) is 55.2 Å². The number of piperidine rings is 1. The van der Waals surface area contributed by atoms with E-state index in [0.29, 0.717) is 17.1 Å². The smallest absolute Gasteiger partial charge is 0.262 e. The first-order chi connectivity index (χ1) is 13.0. The van der Waals surface area contributed by atoms with Gasteiger partial charge in [-0.2, -0.15) is 0 Å². The van der Waals surface area contributed by atoms with Crippen molar-refractivity contribution in [3.63, 3.8) is 0 Å². The van der Waals surface area contributed by atoms with Crippen LogP contribution in [0, 0.1) is 12.8 Å². The number of rotatable bonds is 3. The van der Waals surface area contributed by atoms with Gasteiger partial charge in [-0.1, -0.05) is 37.3 Å². The van der Waals surface area contributed by atoms with E-state index in [9.17, 15) is 9.59 Å². The summed E-state index contributed by atoms with van der Waals surface area (Å²) >= 11 is 1.51. The fourth-order valence-electron chi connectivity index (χ4n) is 3.54. The van der Waals surface area contributed by atoms with E-state index in [0.717, 1.165) is 41.2 Å². The number of fused-ring (bicyclic) bond motifs is 1. The predicted molar refractivity (Wildman–Crippen MR) is 109 cm³/mol. The Hall–Kier alpha value is -2.47. The molecule has 1 aliphatic heterocycles. The minimum Gasteiger partial charge on any atom is -0.341 e. The van der Waals surface area contributed by atoms with Crippen LogP contribution in [0.4, 0.5) is 0 Å². The number of amides is 1. The Morgan fingerprint density at radius 2 is 1.93 bits per heavy atom. The van der Waals surface area contributed by atoms with Crippen molar-refractivity contribution in [2.24, 2.45) is 5.92 Å². The van der Waals surface area contributed by atoms with Crippen molar-refractivity contribution in [1.82, 2.24) is 14.5 Å². The molecule has 2 aromatic heterocycles. The second kappa shape index (κ2) is 7.27. The van der Waals surface area contributed by atoms with Gasteiger partial charge in [0.15, 0.2) is 0 Å². The van der Waals surface area contributed by atoms with E-state index in [2.05, 4.69) is 11.9 Å². The van der Waals surface area contributed by atoms with Crippen LogP contribution in [0.1, 0.15) is 25.6 Å². The Morgan fingerprint density at radius 3 is 2.63 bits per heavy atom. The first kappa shape index (κ1) is 17.9. The summed E-state index contributed by atoms with van der Waals surface area (Å²) in [7, 11) is 0. The van der Waals surface area contributed by atoms with Gasteiger partial charge in [-0.3, -0.25) is 14.2 Å². The minimum absolute atomic E-state index is 0.00626. The largest absolute Gasteiger partial charge is 0.341 e. The van der Waals surface area contributed by atoms with Gasteiger partial charge in [0.2, 0.25) is 5.91 Å². The van der Waals surface area contributed by atoms with E-state index in [1.165, 1.54) is 15.9 Å². The van der Waals surface area contributed by atoms with Crippen LogP contribution in [0.15, 0.2) is 41.2 Å². The van der Waals surface area contributed by atoms with Crippen LogP contribution >= 0.6 is 11.3 Å². The number of hydrogen-bond acceptors (Lipinski definition) is 4. The average molecular weight is 382 g/mol. The monoisotopic (exact) mass is 381 g/mol. The third-order valence-corrected chi connectivity index (χ3v) is 6.41. The molecule has 0 radical (unpaired) electrons. The molecule has 0 N–H and O–H groups in total. The van der Waals surface area contributed by atoms with Crippen LogP contribution < -0.4 is 5.56 Å². The van der Waals surface area contributed by atoms with Gasteiger partial charge in [0.1, 0.15) is 17.2 Å². The maximum Gasteiger partial charge on any atom is 0.262 e. The molecule has 1 aliphatic rings. The highest BCUT2D eigenvalue weighted by molar-refractivity contribution is 7.21.